The fraction of sp³-hybridized carbons (Fsp3) is 0.0714. The molecule has 2 rings (SSSR count). The largest absolute Gasteiger partial charge is 0.321 e. The van der Waals surface area contributed by atoms with Crippen molar-refractivity contribution in [3.05, 3.63) is 59.4 Å². The highest BCUT2D eigenvalue weighted by atomic mass is 16.2. The van der Waals surface area contributed by atoms with Crippen molar-refractivity contribution in [3.63, 3.8) is 0 Å². The van der Waals surface area contributed by atoms with E-state index >= 15 is 0 Å². The normalized spacial score (nSPS) is 9.90. The zero-order valence-electron chi connectivity index (χ0n) is 10.9. The van der Waals surface area contributed by atoms with Gasteiger partial charge in [-0.2, -0.15) is 0 Å². The van der Waals surface area contributed by atoms with Crippen LogP contribution in [-0.4, -0.2) is 16.8 Å². The number of nitrogen functional groups attached to an aromatic ring is 1. The first kappa shape index (κ1) is 13.7. The van der Waals surface area contributed by atoms with Crippen LogP contribution in [0.15, 0.2) is 42.7 Å². The van der Waals surface area contributed by atoms with Gasteiger partial charge in [-0.3, -0.25) is 20.0 Å². The highest BCUT2D eigenvalue weighted by molar-refractivity contribution is 6.08. The average molecular weight is 270 g/mol. The summed E-state index contributed by atoms with van der Waals surface area (Å²) in [6.45, 7) is 1.85. The second-order valence-electron chi connectivity index (χ2n) is 4.22. The number of hydrogen-bond acceptors (Lipinski definition) is 4. The summed E-state index contributed by atoms with van der Waals surface area (Å²) in [5.74, 6) is 4.34. The maximum atomic E-state index is 12.0. The van der Waals surface area contributed by atoms with Gasteiger partial charge in [0.05, 0.1) is 16.8 Å². The van der Waals surface area contributed by atoms with Gasteiger partial charge in [0.1, 0.15) is 0 Å². The van der Waals surface area contributed by atoms with E-state index in [9.17, 15) is 9.59 Å². The number of carbonyl (C=O) groups is 2. The van der Waals surface area contributed by atoms with Crippen LogP contribution in [-0.2, 0) is 0 Å². The molecule has 0 spiro atoms. The van der Waals surface area contributed by atoms with E-state index in [4.69, 9.17) is 5.84 Å². The van der Waals surface area contributed by atoms with Gasteiger partial charge in [-0.25, -0.2) is 5.84 Å². The quantitative estimate of drug-likeness (QED) is 0.444. The maximum absolute atomic E-state index is 12.0. The van der Waals surface area contributed by atoms with Gasteiger partial charge < -0.3 is 5.32 Å². The van der Waals surface area contributed by atoms with Crippen LogP contribution >= 0.6 is 0 Å². The van der Waals surface area contributed by atoms with Crippen LogP contribution in [0.5, 0.6) is 0 Å². The molecule has 2 amide bonds. The molecule has 1 aromatic carbocycles. The molecule has 2 aromatic rings. The van der Waals surface area contributed by atoms with Gasteiger partial charge >= 0.3 is 0 Å². The summed E-state index contributed by atoms with van der Waals surface area (Å²) in [4.78, 5) is 27.6. The highest BCUT2D eigenvalue weighted by Crippen LogP contribution is 2.18. The summed E-state index contributed by atoms with van der Waals surface area (Å²) in [5.41, 5.74) is 4.07. The molecule has 4 N–H and O–H groups in total. The number of anilines is 1. The van der Waals surface area contributed by atoms with Gasteiger partial charge in [0.2, 0.25) is 0 Å². The number of rotatable bonds is 3. The maximum Gasteiger partial charge on any atom is 0.267 e. The summed E-state index contributed by atoms with van der Waals surface area (Å²) in [5, 5.41) is 2.67. The average Bonchev–Trinajstić information content (AvgIpc) is 2.49. The smallest absolute Gasteiger partial charge is 0.267 e. The van der Waals surface area contributed by atoms with Gasteiger partial charge in [0.25, 0.3) is 11.8 Å². The Hall–Kier alpha value is -2.73. The molecule has 0 fully saturated rings. The predicted molar refractivity (Wildman–Crippen MR) is 75.0 cm³/mol. The number of amides is 2. The summed E-state index contributed by atoms with van der Waals surface area (Å²) in [6.07, 6.45) is 3.03. The van der Waals surface area contributed by atoms with Crippen molar-refractivity contribution >= 4 is 17.5 Å². The number of nitrogens with two attached hydrogens (primary N) is 1. The third-order valence-corrected chi connectivity index (χ3v) is 2.72. The molecule has 1 heterocycles. The van der Waals surface area contributed by atoms with Crippen LogP contribution in [0.1, 0.15) is 26.3 Å². The Bertz CT molecular complexity index is 641. The molecule has 20 heavy (non-hydrogen) atoms. The zero-order valence-corrected chi connectivity index (χ0v) is 10.9. The molecule has 102 valence electrons. The molecule has 0 saturated heterocycles. The zero-order chi connectivity index (χ0) is 14.5. The highest BCUT2D eigenvalue weighted by Gasteiger charge is 2.13. The number of hydrogen-bond donors (Lipinski definition) is 3. The fourth-order valence-corrected chi connectivity index (χ4v) is 1.72. The molecule has 0 atom stereocenters. The number of aryl methyl sites for hydroxylation is 1. The van der Waals surface area contributed by atoms with E-state index in [1.807, 2.05) is 6.92 Å². The SMILES string of the molecule is Cc1ccc(NC(=O)c2cccnc2)c(C(=O)NN)c1. The monoisotopic (exact) mass is 270 g/mol. The molecule has 0 aliphatic heterocycles. The molecular formula is C14H14N4O2. The third-order valence-electron chi connectivity index (χ3n) is 2.72. The summed E-state index contributed by atoms with van der Waals surface area (Å²) in [7, 11) is 0. The molecule has 1 aromatic heterocycles. The van der Waals surface area contributed by atoms with Crippen molar-refractivity contribution in [3.8, 4) is 0 Å². The standard InChI is InChI=1S/C14H14N4O2/c1-9-4-5-12(11(7-9)14(20)18-15)17-13(19)10-3-2-6-16-8-10/h2-8H,15H2,1H3,(H,17,19)(H,18,20). The second kappa shape index (κ2) is 5.94. The first-order chi connectivity index (χ1) is 9.61. The number of pyridine rings is 1. The Balaban J connectivity index is 2.30. The van der Waals surface area contributed by atoms with Gasteiger partial charge in [-0.05, 0) is 31.2 Å². The van der Waals surface area contributed by atoms with Crippen molar-refractivity contribution in [2.75, 3.05) is 5.32 Å². The topological polar surface area (TPSA) is 97.1 Å². The lowest BCUT2D eigenvalue weighted by molar-refractivity contribution is 0.0954. The van der Waals surface area contributed by atoms with Crippen molar-refractivity contribution in [2.45, 2.75) is 6.92 Å². The van der Waals surface area contributed by atoms with Gasteiger partial charge in [-0.15, -0.1) is 0 Å². The number of hydrazine groups is 1. The number of nitrogens with zero attached hydrogens (tertiary/aromatic N) is 1. The van der Waals surface area contributed by atoms with E-state index in [0.717, 1.165) is 5.56 Å². The lowest BCUT2D eigenvalue weighted by Gasteiger charge is -2.11. The minimum Gasteiger partial charge on any atom is -0.321 e. The molecule has 6 nitrogen and oxygen atoms in total. The molecule has 0 aliphatic carbocycles. The Morgan fingerprint density at radius 3 is 2.65 bits per heavy atom. The fourth-order valence-electron chi connectivity index (χ4n) is 1.72. The van der Waals surface area contributed by atoms with Gasteiger partial charge in [0, 0.05) is 12.4 Å². The van der Waals surface area contributed by atoms with Crippen molar-refractivity contribution in [1.82, 2.24) is 10.4 Å². The lowest BCUT2D eigenvalue weighted by atomic mass is 10.1. The predicted octanol–water partition coefficient (Wildman–Crippen LogP) is 1.25. The number of nitrogens with one attached hydrogen (secondary N) is 2. The molecule has 0 saturated carbocycles. The molecular weight excluding hydrogens is 256 g/mol. The van der Waals surface area contributed by atoms with E-state index in [0.29, 0.717) is 16.8 Å². The van der Waals surface area contributed by atoms with E-state index in [-0.39, 0.29) is 5.91 Å². The van der Waals surface area contributed by atoms with Crippen LogP contribution in [0.4, 0.5) is 5.69 Å². The number of carbonyl (C=O) groups excluding carboxylic acids is 2. The number of benzene rings is 1. The third kappa shape index (κ3) is 2.99. The minimum absolute atomic E-state index is 0.310. The lowest BCUT2D eigenvalue weighted by Crippen LogP contribution is -2.31. The Kier molecular flexibility index (Phi) is 4.07. The molecule has 0 unspecified atom stereocenters. The number of aromatic nitrogens is 1. The molecule has 0 bridgehead atoms. The summed E-state index contributed by atoms with van der Waals surface area (Å²) < 4.78 is 0. The van der Waals surface area contributed by atoms with E-state index in [1.165, 1.54) is 6.20 Å². The van der Waals surface area contributed by atoms with Crippen molar-refractivity contribution in [1.29, 1.82) is 0 Å². The van der Waals surface area contributed by atoms with Crippen LogP contribution in [0.25, 0.3) is 0 Å². The first-order valence-electron chi connectivity index (χ1n) is 5.95. The minimum atomic E-state index is -0.463. The Morgan fingerprint density at radius 1 is 1.20 bits per heavy atom. The van der Waals surface area contributed by atoms with Crippen LogP contribution < -0.4 is 16.6 Å². The summed E-state index contributed by atoms with van der Waals surface area (Å²) >= 11 is 0. The van der Waals surface area contributed by atoms with E-state index in [1.54, 1.807) is 36.5 Å². The Labute approximate surface area is 116 Å². The van der Waals surface area contributed by atoms with Crippen molar-refractivity contribution < 1.29 is 9.59 Å². The van der Waals surface area contributed by atoms with Gasteiger partial charge in [-0.1, -0.05) is 11.6 Å². The molecule has 6 heteroatoms. The first-order valence-corrected chi connectivity index (χ1v) is 5.95. The second-order valence-corrected chi connectivity index (χ2v) is 4.22. The van der Waals surface area contributed by atoms with Crippen LogP contribution in [0, 0.1) is 6.92 Å². The van der Waals surface area contributed by atoms with Crippen molar-refractivity contribution in [2.24, 2.45) is 5.84 Å². The summed E-state index contributed by atoms with van der Waals surface area (Å²) in [6, 6.07) is 8.41. The van der Waals surface area contributed by atoms with Crippen LogP contribution in [0.3, 0.4) is 0 Å². The molecule has 0 aliphatic rings. The molecule has 0 radical (unpaired) electrons. The van der Waals surface area contributed by atoms with Gasteiger partial charge in [0.15, 0.2) is 0 Å². The Morgan fingerprint density at radius 2 is 2.00 bits per heavy atom. The van der Waals surface area contributed by atoms with E-state index in [2.05, 4.69) is 15.7 Å². The van der Waals surface area contributed by atoms with Crippen LogP contribution in [0.2, 0.25) is 0 Å². The van der Waals surface area contributed by atoms with E-state index < -0.39 is 5.91 Å².